The Hall–Kier alpha value is -2.48. The van der Waals surface area contributed by atoms with E-state index in [2.05, 4.69) is 16.6 Å². The van der Waals surface area contributed by atoms with Crippen LogP contribution in [0.3, 0.4) is 0 Å². The minimum Gasteiger partial charge on any atom is -0.478 e. The van der Waals surface area contributed by atoms with E-state index in [1.165, 1.54) is 6.07 Å². The van der Waals surface area contributed by atoms with Crippen molar-refractivity contribution in [3.05, 3.63) is 35.4 Å². The second-order valence-corrected chi connectivity index (χ2v) is 3.53. The Kier molecular flexibility index (Phi) is 5.26. The van der Waals surface area contributed by atoms with Crippen LogP contribution in [0, 0.1) is 12.3 Å². The normalized spacial score (nSPS) is 9.28. The number of carboxylic acid groups (broad SMARTS) is 1. The van der Waals surface area contributed by atoms with Crippen molar-refractivity contribution in [3.63, 3.8) is 0 Å². The Labute approximate surface area is 105 Å². The zero-order valence-electron chi connectivity index (χ0n) is 9.77. The molecule has 5 heteroatoms. The molecule has 0 aliphatic carbocycles. The molecule has 0 saturated carbocycles. The molecule has 0 unspecified atom stereocenters. The fourth-order valence-corrected chi connectivity index (χ4v) is 1.45. The molecular formula is C13H14N2O3. The predicted octanol–water partition coefficient (Wildman–Crippen LogP) is 0.860. The molecule has 18 heavy (non-hydrogen) atoms. The number of carbonyl (C=O) groups excluding carboxylic acids is 1. The molecule has 1 aromatic rings. The zero-order valence-corrected chi connectivity index (χ0v) is 9.77. The van der Waals surface area contributed by atoms with E-state index >= 15 is 0 Å². The van der Waals surface area contributed by atoms with E-state index in [9.17, 15) is 9.59 Å². The largest absolute Gasteiger partial charge is 0.478 e. The summed E-state index contributed by atoms with van der Waals surface area (Å²) in [6, 6.07) is 6.33. The second kappa shape index (κ2) is 6.97. The van der Waals surface area contributed by atoms with Gasteiger partial charge in [0.25, 0.3) is 0 Å². The Morgan fingerprint density at radius 2 is 2.00 bits per heavy atom. The van der Waals surface area contributed by atoms with E-state index in [0.29, 0.717) is 18.5 Å². The number of carboxylic acids is 1. The molecule has 3 N–H and O–H groups in total. The van der Waals surface area contributed by atoms with Gasteiger partial charge >= 0.3 is 12.0 Å². The van der Waals surface area contributed by atoms with Crippen LogP contribution in [-0.2, 0) is 6.42 Å². The molecular weight excluding hydrogens is 232 g/mol. The molecule has 0 aromatic heterocycles. The third-order valence-electron chi connectivity index (χ3n) is 2.28. The highest BCUT2D eigenvalue weighted by molar-refractivity contribution is 5.89. The Morgan fingerprint density at radius 1 is 1.28 bits per heavy atom. The average molecular weight is 246 g/mol. The molecule has 1 rings (SSSR count). The summed E-state index contributed by atoms with van der Waals surface area (Å²) in [5.41, 5.74) is 0.936. The van der Waals surface area contributed by atoms with Crippen LogP contribution >= 0.6 is 0 Å². The van der Waals surface area contributed by atoms with Gasteiger partial charge in [-0.3, -0.25) is 0 Å². The second-order valence-electron chi connectivity index (χ2n) is 3.53. The lowest BCUT2D eigenvalue weighted by atomic mass is 10.0. The van der Waals surface area contributed by atoms with Gasteiger partial charge in [-0.05, 0) is 18.1 Å². The topological polar surface area (TPSA) is 78.4 Å². The number of nitrogens with one attached hydrogen (secondary N) is 2. The molecule has 0 bridgehead atoms. The minimum atomic E-state index is -0.970. The lowest BCUT2D eigenvalue weighted by Crippen LogP contribution is -2.36. The standard InChI is InChI=1S/C13H14N2O3/c1-2-8-14-13(18)15-9-7-10-5-3-4-6-11(10)12(16)17/h1,3-6H,7-9H2,(H,16,17)(H2,14,15,18). The van der Waals surface area contributed by atoms with Crippen LogP contribution in [-0.4, -0.2) is 30.2 Å². The maximum absolute atomic E-state index is 11.2. The molecule has 5 nitrogen and oxygen atoms in total. The van der Waals surface area contributed by atoms with Gasteiger partial charge in [0.05, 0.1) is 12.1 Å². The summed E-state index contributed by atoms with van der Waals surface area (Å²) in [4.78, 5) is 22.1. The number of aromatic carboxylic acids is 1. The van der Waals surface area contributed by atoms with Crippen molar-refractivity contribution >= 4 is 12.0 Å². The van der Waals surface area contributed by atoms with Crippen molar-refractivity contribution < 1.29 is 14.7 Å². The van der Waals surface area contributed by atoms with Gasteiger partial charge in [0.2, 0.25) is 0 Å². The smallest absolute Gasteiger partial charge is 0.335 e. The number of hydrogen-bond acceptors (Lipinski definition) is 2. The van der Waals surface area contributed by atoms with E-state index in [4.69, 9.17) is 11.5 Å². The van der Waals surface area contributed by atoms with Crippen molar-refractivity contribution in [1.82, 2.24) is 10.6 Å². The molecule has 0 spiro atoms. The van der Waals surface area contributed by atoms with E-state index in [1.54, 1.807) is 18.2 Å². The van der Waals surface area contributed by atoms with Crippen molar-refractivity contribution in [2.24, 2.45) is 0 Å². The van der Waals surface area contributed by atoms with Crippen LogP contribution in [0.2, 0.25) is 0 Å². The van der Waals surface area contributed by atoms with Gasteiger partial charge in [0.15, 0.2) is 0 Å². The number of urea groups is 1. The molecule has 94 valence electrons. The number of amides is 2. The van der Waals surface area contributed by atoms with Crippen molar-refractivity contribution in [3.8, 4) is 12.3 Å². The summed E-state index contributed by atoms with van der Waals surface area (Å²) < 4.78 is 0. The summed E-state index contributed by atoms with van der Waals surface area (Å²) >= 11 is 0. The number of benzene rings is 1. The number of carbonyl (C=O) groups is 2. The van der Waals surface area contributed by atoms with Gasteiger partial charge in [0, 0.05) is 6.54 Å². The highest BCUT2D eigenvalue weighted by Gasteiger charge is 2.08. The van der Waals surface area contributed by atoms with Crippen LogP contribution in [0.4, 0.5) is 4.79 Å². The Balaban J connectivity index is 2.47. The monoisotopic (exact) mass is 246 g/mol. The fourth-order valence-electron chi connectivity index (χ4n) is 1.45. The molecule has 0 aliphatic rings. The van der Waals surface area contributed by atoms with Crippen molar-refractivity contribution in [1.29, 1.82) is 0 Å². The van der Waals surface area contributed by atoms with Crippen LogP contribution in [0.1, 0.15) is 15.9 Å². The third-order valence-corrected chi connectivity index (χ3v) is 2.28. The molecule has 2 amide bonds. The zero-order chi connectivity index (χ0) is 13.4. The van der Waals surface area contributed by atoms with Gasteiger partial charge in [-0.2, -0.15) is 0 Å². The number of rotatable bonds is 5. The maximum Gasteiger partial charge on any atom is 0.335 e. The first-order valence-electron chi connectivity index (χ1n) is 5.41. The molecule has 1 aromatic carbocycles. The molecule has 0 fully saturated rings. The summed E-state index contributed by atoms with van der Waals surface area (Å²) in [6.45, 7) is 0.512. The van der Waals surface area contributed by atoms with Crippen LogP contribution in [0.15, 0.2) is 24.3 Å². The van der Waals surface area contributed by atoms with Crippen LogP contribution in [0.25, 0.3) is 0 Å². The third kappa shape index (κ3) is 4.18. The van der Waals surface area contributed by atoms with Crippen molar-refractivity contribution in [2.75, 3.05) is 13.1 Å². The number of hydrogen-bond donors (Lipinski definition) is 3. The fraction of sp³-hybridized carbons (Fsp3) is 0.231. The van der Waals surface area contributed by atoms with E-state index in [-0.39, 0.29) is 18.1 Å². The first-order valence-corrected chi connectivity index (χ1v) is 5.41. The van der Waals surface area contributed by atoms with E-state index in [1.807, 2.05) is 0 Å². The van der Waals surface area contributed by atoms with Crippen LogP contribution < -0.4 is 10.6 Å². The molecule has 0 heterocycles. The van der Waals surface area contributed by atoms with Gasteiger partial charge in [-0.25, -0.2) is 9.59 Å². The summed E-state index contributed by atoms with van der Waals surface area (Å²) in [6.07, 6.45) is 5.44. The lowest BCUT2D eigenvalue weighted by Gasteiger charge is -2.07. The highest BCUT2D eigenvalue weighted by Crippen LogP contribution is 2.08. The SMILES string of the molecule is C#CCNC(=O)NCCc1ccccc1C(=O)O. The summed E-state index contributed by atoms with van der Waals surface area (Å²) in [7, 11) is 0. The molecule has 0 saturated heterocycles. The molecule has 0 radical (unpaired) electrons. The summed E-state index contributed by atoms with van der Waals surface area (Å²) in [5, 5.41) is 14.0. The minimum absolute atomic E-state index is 0.164. The summed E-state index contributed by atoms with van der Waals surface area (Å²) in [5.74, 6) is 1.31. The lowest BCUT2D eigenvalue weighted by molar-refractivity contribution is 0.0695. The van der Waals surface area contributed by atoms with Gasteiger partial charge < -0.3 is 15.7 Å². The Bertz CT molecular complexity index is 477. The first-order chi connectivity index (χ1) is 8.65. The molecule has 0 atom stereocenters. The predicted molar refractivity (Wildman–Crippen MR) is 67.3 cm³/mol. The van der Waals surface area contributed by atoms with Crippen LogP contribution in [0.5, 0.6) is 0 Å². The average Bonchev–Trinajstić information content (AvgIpc) is 2.36. The maximum atomic E-state index is 11.2. The van der Waals surface area contributed by atoms with E-state index in [0.717, 1.165) is 0 Å². The first kappa shape index (κ1) is 13.6. The van der Waals surface area contributed by atoms with Crippen molar-refractivity contribution in [2.45, 2.75) is 6.42 Å². The highest BCUT2D eigenvalue weighted by atomic mass is 16.4. The number of terminal acetylenes is 1. The quantitative estimate of drug-likeness (QED) is 0.674. The molecule has 0 aliphatic heterocycles. The van der Waals surface area contributed by atoms with E-state index < -0.39 is 5.97 Å². The van der Waals surface area contributed by atoms with Gasteiger partial charge in [-0.1, -0.05) is 24.1 Å². The van der Waals surface area contributed by atoms with Gasteiger partial charge in [0.1, 0.15) is 0 Å². The Morgan fingerprint density at radius 3 is 2.67 bits per heavy atom. The van der Waals surface area contributed by atoms with Gasteiger partial charge in [-0.15, -0.1) is 6.42 Å².